The third-order valence-corrected chi connectivity index (χ3v) is 6.96. The van der Waals surface area contributed by atoms with Crippen LogP contribution in [-0.2, 0) is 16.1 Å². The van der Waals surface area contributed by atoms with Crippen molar-refractivity contribution in [2.45, 2.75) is 26.4 Å². The molecule has 1 unspecified atom stereocenters. The first-order valence-corrected chi connectivity index (χ1v) is 11.4. The lowest BCUT2D eigenvalue weighted by atomic mass is 9.97. The number of aryl methyl sites for hydroxylation is 2. The summed E-state index contributed by atoms with van der Waals surface area (Å²) in [6.07, 6.45) is 0. The standard InChI is InChI=1S/C25H21ClFNO4S/c1-13-10-17(23(32-3)18(26)11-13)21(29)19-20(24-14(2)8-9-33-24)28(25(31)22(19)30)12-15-4-6-16(27)7-5-15/h4-11,20,29H,12H2,1-3H3/b21-19+. The number of carbonyl (C=O) groups is 2. The predicted octanol–water partition coefficient (Wildman–Crippen LogP) is 5.79. The van der Waals surface area contributed by atoms with Crippen molar-refractivity contribution in [3.63, 3.8) is 0 Å². The fourth-order valence-electron chi connectivity index (χ4n) is 4.02. The summed E-state index contributed by atoms with van der Waals surface area (Å²) in [5, 5.41) is 13.5. The second-order valence-corrected chi connectivity index (χ2v) is 9.20. The van der Waals surface area contributed by atoms with E-state index in [-0.39, 0.29) is 34.2 Å². The highest BCUT2D eigenvalue weighted by atomic mass is 35.5. The number of halogens is 2. The van der Waals surface area contributed by atoms with Crippen LogP contribution in [0.3, 0.4) is 0 Å². The van der Waals surface area contributed by atoms with E-state index in [0.717, 1.165) is 16.0 Å². The molecule has 0 radical (unpaired) electrons. The molecule has 2 aromatic carbocycles. The Bertz CT molecular complexity index is 1280. The van der Waals surface area contributed by atoms with Crippen LogP contribution in [-0.4, -0.2) is 28.8 Å². The maximum absolute atomic E-state index is 13.4. The topological polar surface area (TPSA) is 66.8 Å². The Balaban J connectivity index is 1.92. The van der Waals surface area contributed by atoms with Gasteiger partial charge in [0.1, 0.15) is 23.4 Å². The number of ketones is 1. The molecule has 1 N–H and O–H groups in total. The third kappa shape index (κ3) is 4.14. The number of methoxy groups -OCH3 is 1. The van der Waals surface area contributed by atoms with Crippen LogP contribution in [0, 0.1) is 19.7 Å². The molecule has 33 heavy (non-hydrogen) atoms. The van der Waals surface area contributed by atoms with Gasteiger partial charge in [-0.3, -0.25) is 9.59 Å². The van der Waals surface area contributed by atoms with Crippen molar-refractivity contribution in [1.82, 2.24) is 4.90 Å². The van der Waals surface area contributed by atoms with Crippen LogP contribution in [0.1, 0.15) is 33.2 Å². The van der Waals surface area contributed by atoms with Gasteiger partial charge >= 0.3 is 0 Å². The van der Waals surface area contributed by atoms with Gasteiger partial charge in [-0.2, -0.15) is 0 Å². The maximum Gasteiger partial charge on any atom is 0.295 e. The molecule has 0 bridgehead atoms. The van der Waals surface area contributed by atoms with E-state index in [1.54, 1.807) is 31.2 Å². The Morgan fingerprint density at radius 1 is 1.18 bits per heavy atom. The van der Waals surface area contributed by atoms with Crippen molar-refractivity contribution < 1.29 is 23.8 Å². The van der Waals surface area contributed by atoms with Gasteiger partial charge in [-0.15, -0.1) is 11.3 Å². The van der Waals surface area contributed by atoms with Gasteiger partial charge in [-0.1, -0.05) is 23.7 Å². The van der Waals surface area contributed by atoms with E-state index in [0.29, 0.717) is 5.56 Å². The summed E-state index contributed by atoms with van der Waals surface area (Å²) >= 11 is 7.70. The Morgan fingerprint density at radius 2 is 1.88 bits per heavy atom. The van der Waals surface area contributed by atoms with E-state index >= 15 is 0 Å². The molecule has 1 aliphatic rings. The number of thiophene rings is 1. The minimum atomic E-state index is -0.806. The number of Topliss-reactive ketones (excluding diaryl/α,β-unsaturated/α-hetero) is 1. The summed E-state index contributed by atoms with van der Waals surface area (Å²) in [7, 11) is 1.42. The number of likely N-dealkylation sites (tertiary alicyclic amines) is 1. The molecule has 4 rings (SSSR count). The molecule has 0 aliphatic carbocycles. The number of aliphatic hydroxyl groups excluding tert-OH is 1. The number of amides is 1. The zero-order valence-corrected chi connectivity index (χ0v) is 19.8. The van der Waals surface area contributed by atoms with Gasteiger partial charge in [0.25, 0.3) is 11.7 Å². The van der Waals surface area contributed by atoms with Crippen LogP contribution in [0.2, 0.25) is 5.02 Å². The molecule has 1 fully saturated rings. The normalized spacial score (nSPS) is 17.6. The van der Waals surface area contributed by atoms with E-state index < -0.39 is 23.5 Å². The minimum Gasteiger partial charge on any atom is -0.507 e. The molecule has 0 spiro atoms. The zero-order chi connectivity index (χ0) is 23.9. The molecule has 1 saturated heterocycles. The SMILES string of the molecule is COc1c(Cl)cc(C)cc1/C(O)=C1\C(=O)C(=O)N(Cc2ccc(F)cc2)C1c1sccc1C. The summed E-state index contributed by atoms with van der Waals surface area (Å²) in [6.45, 7) is 3.76. The lowest BCUT2D eigenvalue weighted by Crippen LogP contribution is -2.29. The Labute approximate surface area is 199 Å². The number of carbonyl (C=O) groups excluding carboxylic acids is 2. The summed E-state index contributed by atoms with van der Waals surface area (Å²) in [4.78, 5) is 28.5. The van der Waals surface area contributed by atoms with E-state index in [4.69, 9.17) is 16.3 Å². The van der Waals surface area contributed by atoms with Crippen molar-refractivity contribution in [3.8, 4) is 5.75 Å². The van der Waals surface area contributed by atoms with Gasteiger partial charge < -0.3 is 14.7 Å². The summed E-state index contributed by atoms with van der Waals surface area (Å²) in [6, 6.07) is 10.2. The lowest BCUT2D eigenvalue weighted by molar-refractivity contribution is -0.140. The number of rotatable bonds is 5. The van der Waals surface area contributed by atoms with Crippen LogP contribution in [0.15, 0.2) is 53.4 Å². The third-order valence-electron chi connectivity index (χ3n) is 5.60. The Kier molecular flexibility index (Phi) is 6.28. The minimum absolute atomic E-state index is 0.0346. The van der Waals surface area contributed by atoms with E-state index in [1.165, 1.54) is 35.5 Å². The van der Waals surface area contributed by atoms with E-state index in [9.17, 15) is 19.1 Å². The molecule has 2 heterocycles. The molecule has 8 heteroatoms. The number of hydrogen-bond donors (Lipinski definition) is 1. The van der Waals surface area contributed by atoms with Crippen LogP contribution in [0.4, 0.5) is 4.39 Å². The fourth-order valence-corrected chi connectivity index (χ4v) is 5.42. The number of nitrogens with zero attached hydrogens (tertiary/aromatic N) is 1. The highest BCUT2D eigenvalue weighted by Gasteiger charge is 2.47. The Morgan fingerprint density at radius 3 is 2.48 bits per heavy atom. The second-order valence-electron chi connectivity index (χ2n) is 7.85. The number of aliphatic hydroxyl groups is 1. The van der Waals surface area contributed by atoms with E-state index in [1.807, 2.05) is 18.4 Å². The first kappa shape index (κ1) is 23.0. The lowest BCUT2D eigenvalue weighted by Gasteiger charge is -2.25. The molecule has 170 valence electrons. The van der Waals surface area contributed by atoms with Crippen LogP contribution in [0.25, 0.3) is 5.76 Å². The molecular formula is C25H21ClFNO4S. The summed E-state index contributed by atoms with van der Waals surface area (Å²) < 4.78 is 18.8. The van der Waals surface area contributed by atoms with Crippen LogP contribution >= 0.6 is 22.9 Å². The van der Waals surface area contributed by atoms with Crippen molar-refractivity contribution in [2.24, 2.45) is 0 Å². The summed E-state index contributed by atoms with van der Waals surface area (Å²) in [5.74, 6) is -2.07. The highest BCUT2D eigenvalue weighted by Crippen LogP contribution is 2.45. The Hall–Kier alpha value is -3.16. The van der Waals surface area contributed by atoms with E-state index in [2.05, 4.69) is 0 Å². The quantitative estimate of drug-likeness (QED) is 0.282. The van der Waals surface area contributed by atoms with Gasteiger partial charge in [0.2, 0.25) is 0 Å². The second kappa shape index (κ2) is 9.00. The van der Waals surface area contributed by atoms with Crippen molar-refractivity contribution in [3.05, 3.63) is 91.4 Å². The predicted molar refractivity (Wildman–Crippen MR) is 126 cm³/mol. The van der Waals surface area contributed by atoms with Crippen LogP contribution in [0.5, 0.6) is 5.75 Å². The average Bonchev–Trinajstić information content (AvgIpc) is 3.30. The maximum atomic E-state index is 13.4. The average molecular weight is 486 g/mol. The number of ether oxygens (including phenoxy) is 1. The first-order valence-electron chi connectivity index (χ1n) is 10.1. The summed E-state index contributed by atoms with van der Waals surface area (Å²) in [5.41, 5.74) is 2.51. The molecule has 3 aromatic rings. The largest absolute Gasteiger partial charge is 0.507 e. The highest BCUT2D eigenvalue weighted by molar-refractivity contribution is 7.10. The first-order chi connectivity index (χ1) is 15.7. The smallest absolute Gasteiger partial charge is 0.295 e. The van der Waals surface area contributed by atoms with Crippen molar-refractivity contribution >= 4 is 40.4 Å². The fraction of sp³-hybridized carbons (Fsp3) is 0.200. The van der Waals surface area contributed by atoms with Crippen molar-refractivity contribution in [1.29, 1.82) is 0 Å². The van der Waals surface area contributed by atoms with Gasteiger partial charge in [-0.05, 0) is 66.2 Å². The van der Waals surface area contributed by atoms with Crippen molar-refractivity contribution in [2.75, 3.05) is 7.11 Å². The van der Waals surface area contributed by atoms with Crippen LogP contribution < -0.4 is 4.74 Å². The monoisotopic (exact) mass is 485 g/mol. The molecule has 1 aromatic heterocycles. The molecule has 1 amide bonds. The van der Waals surface area contributed by atoms with Gasteiger partial charge in [0.05, 0.1) is 23.3 Å². The number of benzene rings is 2. The number of hydrogen-bond acceptors (Lipinski definition) is 5. The van der Waals surface area contributed by atoms with Gasteiger partial charge in [0, 0.05) is 11.4 Å². The van der Waals surface area contributed by atoms with Gasteiger partial charge in [0.15, 0.2) is 0 Å². The molecule has 1 aliphatic heterocycles. The molecule has 5 nitrogen and oxygen atoms in total. The molecular weight excluding hydrogens is 465 g/mol. The zero-order valence-electron chi connectivity index (χ0n) is 18.2. The van der Waals surface area contributed by atoms with Gasteiger partial charge in [-0.25, -0.2) is 4.39 Å². The molecule has 0 saturated carbocycles. The molecule has 1 atom stereocenters.